The zero-order valence-corrected chi connectivity index (χ0v) is 19.7. The fraction of sp³-hybridized carbons (Fsp3) is 0.259. The number of hydrogen-bond acceptors (Lipinski definition) is 6. The van der Waals surface area contributed by atoms with Crippen LogP contribution in [-0.2, 0) is 27.4 Å². The van der Waals surface area contributed by atoms with Gasteiger partial charge in [-0.1, -0.05) is 30.3 Å². The number of rotatable bonds is 8. The van der Waals surface area contributed by atoms with Crippen molar-refractivity contribution in [1.29, 1.82) is 0 Å². The molecule has 1 aromatic carbocycles. The molecule has 0 saturated heterocycles. The normalized spacial score (nSPS) is 15.8. The molecule has 0 bridgehead atoms. The quantitative estimate of drug-likeness (QED) is 0.497. The Balaban J connectivity index is 1.53. The number of nitrogens with one attached hydrogen (secondary N) is 1. The Morgan fingerprint density at radius 1 is 1.11 bits per heavy atom. The van der Waals surface area contributed by atoms with Crippen LogP contribution in [0.15, 0.2) is 82.7 Å². The topological polar surface area (TPSA) is 102 Å². The molecule has 3 heterocycles. The highest BCUT2D eigenvalue weighted by Gasteiger charge is 2.37. The molecule has 0 saturated carbocycles. The predicted octanol–water partition coefficient (Wildman–Crippen LogP) is 3.96. The van der Waals surface area contributed by atoms with Crippen LogP contribution in [0.3, 0.4) is 0 Å². The lowest BCUT2D eigenvalue weighted by molar-refractivity contribution is -0.140. The van der Waals surface area contributed by atoms with Gasteiger partial charge >= 0.3 is 5.97 Å². The number of aromatic nitrogens is 1. The molecule has 1 aliphatic heterocycles. The summed E-state index contributed by atoms with van der Waals surface area (Å²) in [6.45, 7) is 4.17. The maximum absolute atomic E-state index is 13.1. The van der Waals surface area contributed by atoms with E-state index in [4.69, 9.17) is 9.15 Å². The summed E-state index contributed by atoms with van der Waals surface area (Å²) in [5.74, 6) is -0.732. The van der Waals surface area contributed by atoms with E-state index < -0.39 is 5.97 Å². The lowest BCUT2D eigenvalue weighted by atomic mass is 9.83. The second-order valence-electron chi connectivity index (χ2n) is 8.17. The van der Waals surface area contributed by atoms with Gasteiger partial charge in [0.15, 0.2) is 5.76 Å². The molecule has 0 radical (unpaired) electrons. The second-order valence-corrected chi connectivity index (χ2v) is 8.17. The van der Waals surface area contributed by atoms with Crippen molar-refractivity contribution < 1.29 is 23.5 Å². The molecule has 0 fully saturated rings. The molecule has 1 aliphatic rings. The van der Waals surface area contributed by atoms with Crippen molar-refractivity contribution in [3.8, 4) is 0 Å². The number of ether oxygens (including phenoxy) is 1. The molecule has 35 heavy (non-hydrogen) atoms. The van der Waals surface area contributed by atoms with Gasteiger partial charge in [-0.25, -0.2) is 4.79 Å². The van der Waals surface area contributed by atoms with Crippen LogP contribution in [-0.4, -0.2) is 34.3 Å². The summed E-state index contributed by atoms with van der Waals surface area (Å²) in [6, 6.07) is 16.3. The van der Waals surface area contributed by atoms with Crippen molar-refractivity contribution >= 4 is 17.8 Å². The van der Waals surface area contributed by atoms with Gasteiger partial charge < -0.3 is 19.4 Å². The molecule has 2 amide bonds. The van der Waals surface area contributed by atoms with Crippen LogP contribution in [0, 0.1) is 0 Å². The van der Waals surface area contributed by atoms with Gasteiger partial charge in [0.25, 0.3) is 5.91 Å². The number of furan rings is 1. The van der Waals surface area contributed by atoms with E-state index in [1.165, 1.54) is 4.90 Å². The van der Waals surface area contributed by atoms with Crippen LogP contribution in [0.5, 0.6) is 0 Å². The molecule has 1 atom stereocenters. The molecule has 1 N–H and O–H groups in total. The van der Waals surface area contributed by atoms with E-state index in [9.17, 15) is 14.4 Å². The molecule has 3 aromatic rings. The summed E-state index contributed by atoms with van der Waals surface area (Å²) in [5.41, 5.74) is 2.78. The first kappa shape index (κ1) is 23.9. The van der Waals surface area contributed by atoms with E-state index in [2.05, 4.69) is 10.3 Å². The molecular weight excluding hydrogens is 446 g/mol. The Morgan fingerprint density at radius 3 is 2.57 bits per heavy atom. The van der Waals surface area contributed by atoms with Crippen molar-refractivity contribution in [2.24, 2.45) is 0 Å². The summed E-state index contributed by atoms with van der Waals surface area (Å²) >= 11 is 0. The first-order chi connectivity index (χ1) is 17.0. The van der Waals surface area contributed by atoms with Crippen LogP contribution in [0.25, 0.3) is 0 Å². The first-order valence-corrected chi connectivity index (χ1v) is 11.5. The SMILES string of the molecule is CCOC(=O)C1=C(C)N(Cc2ccc(C(=O)NCc3ccncc3)o2)C(=O)CC1c1ccccc1. The fourth-order valence-electron chi connectivity index (χ4n) is 4.16. The van der Waals surface area contributed by atoms with Crippen LogP contribution >= 0.6 is 0 Å². The molecule has 8 nitrogen and oxygen atoms in total. The van der Waals surface area contributed by atoms with Gasteiger partial charge in [0.05, 0.1) is 18.7 Å². The van der Waals surface area contributed by atoms with Crippen molar-refractivity contribution in [2.45, 2.75) is 39.3 Å². The molecule has 0 spiro atoms. The minimum absolute atomic E-state index is 0.104. The molecule has 180 valence electrons. The number of carbonyl (C=O) groups is 3. The highest BCUT2D eigenvalue weighted by molar-refractivity contribution is 5.96. The summed E-state index contributed by atoms with van der Waals surface area (Å²) in [4.78, 5) is 44.0. The number of amides is 2. The van der Waals surface area contributed by atoms with Gasteiger partial charge in [-0.15, -0.1) is 0 Å². The van der Waals surface area contributed by atoms with Crippen molar-refractivity contribution in [2.75, 3.05) is 6.61 Å². The van der Waals surface area contributed by atoms with Gasteiger partial charge in [0.2, 0.25) is 5.91 Å². The van der Waals surface area contributed by atoms with Crippen LogP contribution in [0.1, 0.15) is 53.6 Å². The minimum Gasteiger partial charge on any atom is -0.463 e. The van der Waals surface area contributed by atoms with Crippen molar-refractivity contribution in [3.63, 3.8) is 0 Å². The van der Waals surface area contributed by atoms with E-state index in [1.54, 1.807) is 38.4 Å². The zero-order chi connectivity index (χ0) is 24.8. The number of nitrogens with zero attached hydrogens (tertiary/aromatic N) is 2. The molecule has 8 heteroatoms. The number of hydrogen-bond donors (Lipinski definition) is 1. The lowest BCUT2D eigenvalue weighted by Crippen LogP contribution is -2.38. The van der Waals surface area contributed by atoms with E-state index in [0.29, 0.717) is 23.6 Å². The Labute approximate surface area is 203 Å². The van der Waals surface area contributed by atoms with Crippen LogP contribution < -0.4 is 5.32 Å². The van der Waals surface area contributed by atoms with E-state index in [1.807, 2.05) is 42.5 Å². The van der Waals surface area contributed by atoms with Crippen molar-refractivity contribution in [3.05, 3.63) is 101 Å². The van der Waals surface area contributed by atoms with E-state index >= 15 is 0 Å². The van der Waals surface area contributed by atoms with Crippen molar-refractivity contribution in [1.82, 2.24) is 15.2 Å². The van der Waals surface area contributed by atoms with Crippen LogP contribution in [0.2, 0.25) is 0 Å². The van der Waals surface area contributed by atoms with E-state index in [0.717, 1.165) is 11.1 Å². The second kappa shape index (κ2) is 10.8. The van der Waals surface area contributed by atoms with Gasteiger partial charge in [0, 0.05) is 37.0 Å². The third kappa shape index (κ3) is 5.48. The predicted molar refractivity (Wildman–Crippen MR) is 128 cm³/mol. The monoisotopic (exact) mass is 473 g/mol. The standard InChI is InChI=1S/C27H27N3O5/c1-3-34-27(33)25-18(2)30(24(31)15-22(25)20-7-5-4-6-8-20)17-21-9-10-23(35-21)26(32)29-16-19-11-13-28-14-12-19/h4-14,22H,3,15-17H2,1-2H3,(H,29,32). The first-order valence-electron chi connectivity index (χ1n) is 11.5. The Bertz CT molecular complexity index is 1230. The minimum atomic E-state index is -0.438. The average molecular weight is 474 g/mol. The molecular formula is C27H27N3O5. The maximum Gasteiger partial charge on any atom is 0.336 e. The summed E-state index contributed by atoms with van der Waals surface area (Å²) in [7, 11) is 0. The molecule has 1 unspecified atom stereocenters. The number of benzene rings is 1. The summed E-state index contributed by atoms with van der Waals surface area (Å²) < 4.78 is 11.1. The van der Waals surface area contributed by atoms with Crippen LogP contribution in [0.4, 0.5) is 0 Å². The Kier molecular flexibility index (Phi) is 7.40. The van der Waals surface area contributed by atoms with Gasteiger partial charge in [-0.3, -0.25) is 14.6 Å². The molecule has 0 aliphatic carbocycles. The largest absolute Gasteiger partial charge is 0.463 e. The van der Waals surface area contributed by atoms with Gasteiger partial charge in [-0.05, 0) is 49.2 Å². The van der Waals surface area contributed by atoms with Gasteiger partial charge in [-0.2, -0.15) is 0 Å². The zero-order valence-electron chi connectivity index (χ0n) is 19.7. The average Bonchev–Trinajstić information content (AvgIpc) is 3.35. The smallest absolute Gasteiger partial charge is 0.336 e. The Morgan fingerprint density at radius 2 is 1.86 bits per heavy atom. The lowest BCUT2D eigenvalue weighted by Gasteiger charge is -2.34. The summed E-state index contributed by atoms with van der Waals surface area (Å²) in [5, 5.41) is 2.80. The third-order valence-corrected chi connectivity index (χ3v) is 5.92. The fourth-order valence-corrected chi connectivity index (χ4v) is 4.16. The highest BCUT2D eigenvalue weighted by Crippen LogP contribution is 2.37. The molecule has 4 rings (SSSR count). The number of allylic oxidation sites excluding steroid dienone is 1. The third-order valence-electron chi connectivity index (χ3n) is 5.92. The highest BCUT2D eigenvalue weighted by atomic mass is 16.5. The number of pyridine rings is 1. The van der Waals surface area contributed by atoms with E-state index in [-0.39, 0.29) is 43.1 Å². The number of carbonyl (C=O) groups excluding carboxylic acids is 3. The number of esters is 1. The van der Waals surface area contributed by atoms with Gasteiger partial charge in [0.1, 0.15) is 5.76 Å². The Hall–Kier alpha value is -4.20. The summed E-state index contributed by atoms with van der Waals surface area (Å²) in [6.07, 6.45) is 3.45. The molecule has 2 aromatic heterocycles. The maximum atomic E-state index is 13.1.